The maximum Gasteiger partial charge on any atom is 0.220 e. The summed E-state index contributed by atoms with van der Waals surface area (Å²) in [5.74, 6) is -0.151. The predicted molar refractivity (Wildman–Crippen MR) is 73.5 cm³/mol. The van der Waals surface area contributed by atoms with Gasteiger partial charge in [0.15, 0.2) is 0 Å². The number of anilines is 1. The molecule has 0 spiro atoms. The second kappa shape index (κ2) is 4.81. The van der Waals surface area contributed by atoms with Crippen molar-refractivity contribution >= 4 is 30.0 Å². The summed E-state index contributed by atoms with van der Waals surface area (Å²) in [4.78, 5) is 9.52. The van der Waals surface area contributed by atoms with Crippen LogP contribution in [0, 0.1) is 5.82 Å². The van der Waals surface area contributed by atoms with Crippen molar-refractivity contribution in [3.8, 4) is 0 Å². The van der Waals surface area contributed by atoms with E-state index in [1.807, 2.05) is 0 Å². The van der Waals surface area contributed by atoms with Crippen LogP contribution < -0.4 is 16.4 Å². The lowest BCUT2D eigenvalue weighted by molar-refractivity contribution is 0.520. The van der Waals surface area contributed by atoms with Crippen LogP contribution in [0.3, 0.4) is 0 Å². The van der Waals surface area contributed by atoms with Crippen LogP contribution in [0.15, 0.2) is 34.3 Å². The van der Waals surface area contributed by atoms with Gasteiger partial charge in [0.05, 0.1) is 5.69 Å². The molecule has 0 saturated heterocycles. The lowest BCUT2D eigenvalue weighted by Gasteiger charge is -2.38. The van der Waals surface area contributed by atoms with Crippen LogP contribution in [0.25, 0.3) is 0 Å². The van der Waals surface area contributed by atoms with Crippen molar-refractivity contribution in [2.45, 2.75) is 19.5 Å². The topological polar surface area (TPSA) is 80.0 Å². The van der Waals surface area contributed by atoms with Crippen molar-refractivity contribution in [2.24, 2.45) is 21.5 Å². The minimum absolute atomic E-state index is 0. The highest BCUT2D eigenvalue weighted by Gasteiger charge is 2.34. The standard InChI is InChI=1S/C11H14FN5.ClH/c1-11(2)16-9(13)15-10(14)17(11)8-6-4-3-5-7(8)12;/h3-6H,1-2H3,(H4,13,14,15,16);1H. The van der Waals surface area contributed by atoms with Gasteiger partial charge in [0.1, 0.15) is 11.5 Å². The minimum Gasteiger partial charge on any atom is -0.369 e. The summed E-state index contributed by atoms with van der Waals surface area (Å²) in [5, 5.41) is 0. The zero-order valence-electron chi connectivity index (χ0n) is 10.1. The number of nitrogens with zero attached hydrogens (tertiary/aromatic N) is 3. The Morgan fingerprint density at radius 1 is 1.22 bits per heavy atom. The van der Waals surface area contributed by atoms with E-state index < -0.39 is 5.66 Å². The molecule has 1 aromatic rings. The lowest BCUT2D eigenvalue weighted by Crippen LogP contribution is -2.54. The molecule has 0 saturated carbocycles. The Kier molecular flexibility index (Phi) is 3.81. The van der Waals surface area contributed by atoms with Gasteiger partial charge in [-0.15, -0.1) is 12.4 Å². The summed E-state index contributed by atoms with van der Waals surface area (Å²) in [7, 11) is 0. The third-order valence-electron chi connectivity index (χ3n) is 2.49. The van der Waals surface area contributed by atoms with Gasteiger partial charge in [0, 0.05) is 0 Å². The molecule has 98 valence electrons. The summed E-state index contributed by atoms with van der Waals surface area (Å²) < 4.78 is 13.8. The molecule has 0 aromatic heterocycles. The Hall–Kier alpha value is -1.82. The molecule has 0 atom stereocenters. The molecule has 7 heteroatoms. The van der Waals surface area contributed by atoms with Crippen LogP contribution in [0.2, 0.25) is 0 Å². The third kappa shape index (κ3) is 2.38. The van der Waals surface area contributed by atoms with Crippen LogP contribution in [-0.4, -0.2) is 17.6 Å². The van der Waals surface area contributed by atoms with E-state index in [1.54, 1.807) is 32.0 Å². The quantitative estimate of drug-likeness (QED) is 0.811. The molecule has 1 aliphatic rings. The average molecular weight is 272 g/mol. The molecule has 18 heavy (non-hydrogen) atoms. The van der Waals surface area contributed by atoms with Gasteiger partial charge >= 0.3 is 0 Å². The SMILES string of the molecule is CC1(C)N=C(N)N=C(N)N1c1ccccc1F.Cl. The van der Waals surface area contributed by atoms with Crippen LogP contribution in [0.5, 0.6) is 0 Å². The highest BCUT2D eigenvalue weighted by atomic mass is 35.5. The largest absolute Gasteiger partial charge is 0.369 e. The fraction of sp³-hybridized carbons (Fsp3) is 0.273. The van der Waals surface area contributed by atoms with E-state index >= 15 is 0 Å². The van der Waals surface area contributed by atoms with Crippen molar-refractivity contribution in [3.63, 3.8) is 0 Å². The predicted octanol–water partition coefficient (Wildman–Crippen LogP) is 1.43. The first kappa shape index (κ1) is 14.2. The first-order valence-corrected chi connectivity index (χ1v) is 5.16. The smallest absolute Gasteiger partial charge is 0.220 e. The fourth-order valence-corrected chi connectivity index (χ4v) is 1.85. The van der Waals surface area contributed by atoms with Crippen LogP contribution in [-0.2, 0) is 0 Å². The van der Waals surface area contributed by atoms with Crippen molar-refractivity contribution < 1.29 is 4.39 Å². The second-order valence-electron chi connectivity index (χ2n) is 4.22. The Balaban J connectivity index is 0.00000162. The first-order chi connectivity index (χ1) is 7.92. The Morgan fingerprint density at radius 2 is 1.83 bits per heavy atom. The minimum atomic E-state index is -0.766. The normalized spacial score (nSPS) is 17.6. The number of guanidine groups is 2. The summed E-state index contributed by atoms with van der Waals surface area (Å²) >= 11 is 0. The number of nitrogens with two attached hydrogens (primary N) is 2. The monoisotopic (exact) mass is 271 g/mol. The number of halogens is 2. The van der Waals surface area contributed by atoms with Crippen molar-refractivity contribution in [2.75, 3.05) is 4.90 Å². The third-order valence-corrected chi connectivity index (χ3v) is 2.49. The Bertz CT molecular complexity index is 512. The molecule has 5 nitrogen and oxygen atoms in total. The molecule has 1 aliphatic heterocycles. The number of rotatable bonds is 1. The number of para-hydroxylation sites is 1. The summed E-state index contributed by atoms with van der Waals surface area (Å²) in [6.07, 6.45) is 0. The van der Waals surface area contributed by atoms with Crippen molar-refractivity contribution in [3.05, 3.63) is 30.1 Å². The summed E-state index contributed by atoms with van der Waals surface area (Å²) in [6.45, 7) is 3.57. The van der Waals surface area contributed by atoms with Gasteiger partial charge in [-0.2, -0.15) is 4.99 Å². The van der Waals surface area contributed by atoms with Crippen LogP contribution in [0.1, 0.15) is 13.8 Å². The van der Waals surface area contributed by atoms with E-state index in [-0.39, 0.29) is 30.1 Å². The van der Waals surface area contributed by atoms with Crippen LogP contribution >= 0.6 is 12.4 Å². The molecule has 2 rings (SSSR count). The number of benzene rings is 1. The van der Waals surface area contributed by atoms with E-state index in [0.29, 0.717) is 5.69 Å². The van der Waals surface area contributed by atoms with Gasteiger partial charge in [0.2, 0.25) is 11.9 Å². The van der Waals surface area contributed by atoms with Gasteiger partial charge in [-0.05, 0) is 26.0 Å². The van der Waals surface area contributed by atoms with E-state index in [2.05, 4.69) is 9.98 Å². The molecule has 4 N–H and O–H groups in total. The average Bonchev–Trinajstić information content (AvgIpc) is 2.18. The summed E-state index contributed by atoms with van der Waals surface area (Å²) in [6, 6.07) is 6.32. The highest BCUT2D eigenvalue weighted by molar-refractivity contribution is 6.05. The number of hydrogen-bond acceptors (Lipinski definition) is 5. The van der Waals surface area contributed by atoms with Gasteiger partial charge < -0.3 is 11.5 Å². The molecule has 0 amide bonds. The van der Waals surface area contributed by atoms with E-state index in [4.69, 9.17) is 11.5 Å². The first-order valence-electron chi connectivity index (χ1n) is 5.16. The van der Waals surface area contributed by atoms with Crippen molar-refractivity contribution in [1.29, 1.82) is 0 Å². The molecule has 0 fully saturated rings. The van der Waals surface area contributed by atoms with Gasteiger partial charge in [-0.25, -0.2) is 9.38 Å². The molecule has 1 aromatic carbocycles. The molecule has 0 unspecified atom stereocenters. The molecule has 0 aliphatic carbocycles. The molecule has 0 radical (unpaired) electrons. The zero-order chi connectivity index (χ0) is 12.6. The maximum atomic E-state index is 13.8. The molecule has 1 heterocycles. The highest BCUT2D eigenvalue weighted by Crippen LogP contribution is 2.29. The zero-order valence-corrected chi connectivity index (χ0v) is 10.9. The van der Waals surface area contributed by atoms with E-state index in [9.17, 15) is 4.39 Å². The molecular formula is C11H15ClFN5. The van der Waals surface area contributed by atoms with Crippen molar-refractivity contribution in [1.82, 2.24) is 0 Å². The lowest BCUT2D eigenvalue weighted by atomic mass is 10.1. The Morgan fingerprint density at radius 3 is 2.39 bits per heavy atom. The van der Waals surface area contributed by atoms with E-state index in [1.165, 1.54) is 11.0 Å². The second-order valence-corrected chi connectivity index (χ2v) is 4.22. The van der Waals surface area contributed by atoms with Gasteiger partial charge in [-0.3, -0.25) is 4.90 Å². The number of hydrogen-bond donors (Lipinski definition) is 2. The maximum absolute atomic E-state index is 13.8. The molecule has 0 bridgehead atoms. The van der Waals surface area contributed by atoms with Gasteiger partial charge in [-0.1, -0.05) is 12.1 Å². The number of aliphatic imine (C=N–C) groups is 2. The Labute approximate surface area is 111 Å². The van der Waals surface area contributed by atoms with E-state index in [0.717, 1.165) is 0 Å². The summed E-state index contributed by atoms with van der Waals surface area (Å²) in [5.41, 5.74) is 10.9. The fourth-order valence-electron chi connectivity index (χ4n) is 1.85. The van der Waals surface area contributed by atoms with Gasteiger partial charge in [0.25, 0.3) is 0 Å². The van der Waals surface area contributed by atoms with Crippen LogP contribution in [0.4, 0.5) is 10.1 Å². The molecular weight excluding hydrogens is 257 g/mol.